The van der Waals surface area contributed by atoms with E-state index in [1.54, 1.807) is 19.4 Å². The first-order valence-electron chi connectivity index (χ1n) is 7.59. The molecule has 118 valence electrons. The molecule has 4 heteroatoms. The zero-order valence-corrected chi connectivity index (χ0v) is 13.2. The van der Waals surface area contributed by atoms with E-state index in [1.165, 1.54) is 6.26 Å². The second-order valence-electron chi connectivity index (χ2n) is 5.13. The molecule has 2 heterocycles. The molecule has 0 bridgehead atoms. The molecule has 0 saturated carbocycles. The first kappa shape index (κ1) is 16.1. The Morgan fingerprint density at radius 3 is 2.86 bits per heavy atom. The van der Waals surface area contributed by atoms with E-state index in [0.717, 1.165) is 42.4 Å². The van der Waals surface area contributed by atoms with Gasteiger partial charge in [-0.15, -0.1) is 6.58 Å². The van der Waals surface area contributed by atoms with E-state index in [4.69, 9.17) is 13.6 Å². The molecule has 0 spiro atoms. The van der Waals surface area contributed by atoms with Gasteiger partial charge < -0.3 is 13.6 Å². The third kappa shape index (κ3) is 3.32. The van der Waals surface area contributed by atoms with Crippen LogP contribution in [0.1, 0.15) is 44.6 Å². The molecule has 2 rings (SSSR count). The molecule has 0 saturated heterocycles. The van der Waals surface area contributed by atoms with Gasteiger partial charge in [0.25, 0.3) is 0 Å². The van der Waals surface area contributed by atoms with Crippen molar-refractivity contribution >= 4 is 16.5 Å². The Hall–Kier alpha value is -2.23. The number of allylic oxidation sites excluding steroid dienone is 3. The molecule has 0 amide bonds. The molecule has 0 aromatic carbocycles. The van der Waals surface area contributed by atoms with Gasteiger partial charge in [-0.3, -0.25) is 0 Å². The standard InChI is InChI=1S/C18H22O4/c1-4-6-8-13(15(20-3)9-7-5-2)17-14-10-11-21-16(14)12-22-18(17)19/h5,10-12H,2,4,6-9H2,1,3H3/b15-13+. The molecular weight excluding hydrogens is 280 g/mol. The van der Waals surface area contributed by atoms with E-state index in [2.05, 4.69) is 13.5 Å². The van der Waals surface area contributed by atoms with Gasteiger partial charge in [0, 0.05) is 17.4 Å². The Balaban J connectivity index is 2.62. The highest BCUT2D eigenvalue weighted by Gasteiger charge is 2.18. The minimum absolute atomic E-state index is 0.354. The molecule has 22 heavy (non-hydrogen) atoms. The lowest BCUT2D eigenvalue weighted by Crippen LogP contribution is -2.09. The topological polar surface area (TPSA) is 52.6 Å². The van der Waals surface area contributed by atoms with E-state index < -0.39 is 0 Å². The second-order valence-corrected chi connectivity index (χ2v) is 5.13. The summed E-state index contributed by atoms with van der Waals surface area (Å²) < 4.78 is 16.0. The van der Waals surface area contributed by atoms with Crippen LogP contribution in [0.2, 0.25) is 0 Å². The Morgan fingerprint density at radius 1 is 1.36 bits per heavy atom. The Morgan fingerprint density at radius 2 is 2.18 bits per heavy atom. The summed E-state index contributed by atoms with van der Waals surface area (Å²) in [6.45, 7) is 5.87. The normalized spacial score (nSPS) is 12.3. The van der Waals surface area contributed by atoms with Crippen LogP contribution >= 0.6 is 0 Å². The largest absolute Gasteiger partial charge is 0.501 e. The molecule has 0 radical (unpaired) electrons. The number of hydrogen-bond acceptors (Lipinski definition) is 4. The molecular formula is C18H22O4. The number of unbranched alkanes of at least 4 members (excludes halogenated alkanes) is 1. The summed E-state index contributed by atoms with van der Waals surface area (Å²) in [5.41, 5.74) is 1.68. The third-order valence-corrected chi connectivity index (χ3v) is 3.68. The highest BCUT2D eigenvalue weighted by atomic mass is 16.5. The predicted octanol–water partition coefficient (Wildman–Crippen LogP) is 4.90. The summed E-state index contributed by atoms with van der Waals surface area (Å²) in [4.78, 5) is 12.3. The van der Waals surface area contributed by atoms with Gasteiger partial charge in [-0.2, -0.15) is 0 Å². The summed E-state index contributed by atoms with van der Waals surface area (Å²) in [5, 5.41) is 0.774. The van der Waals surface area contributed by atoms with Crippen molar-refractivity contribution in [3.63, 3.8) is 0 Å². The van der Waals surface area contributed by atoms with E-state index in [9.17, 15) is 4.79 Å². The molecule has 4 nitrogen and oxygen atoms in total. The van der Waals surface area contributed by atoms with Crippen LogP contribution < -0.4 is 5.63 Å². The Bertz CT molecular complexity index is 718. The molecule has 0 N–H and O–H groups in total. The van der Waals surface area contributed by atoms with Crippen LogP contribution in [-0.4, -0.2) is 7.11 Å². The maximum Gasteiger partial charge on any atom is 0.344 e. The van der Waals surface area contributed by atoms with Crippen LogP contribution in [0.5, 0.6) is 0 Å². The van der Waals surface area contributed by atoms with E-state index in [-0.39, 0.29) is 5.63 Å². The van der Waals surface area contributed by atoms with Crippen molar-refractivity contribution in [2.75, 3.05) is 7.11 Å². The van der Waals surface area contributed by atoms with E-state index in [1.807, 2.05) is 6.08 Å². The van der Waals surface area contributed by atoms with E-state index >= 15 is 0 Å². The first-order chi connectivity index (χ1) is 10.7. The van der Waals surface area contributed by atoms with Gasteiger partial charge in [0.05, 0.1) is 24.7 Å². The fraction of sp³-hybridized carbons (Fsp3) is 0.389. The third-order valence-electron chi connectivity index (χ3n) is 3.68. The minimum Gasteiger partial charge on any atom is -0.501 e. The predicted molar refractivity (Wildman–Crippen MR) is 87.6 cm³/mol. The van der Waals surface area contributed by atoms with Gasteiger partial charge in [0.15, 0.2) is 5.58 Å². The van der Waals surface area contributed by atoms with Crippen LogP contribution in [0, 0.1) is 0 Å². The van der Waals surface area contributed by atoms with Crippen molar-refractivity contribution in [1.82, 2.24) is 0 Å². The quantitative estimate of drug-likeness (QED) is 0.514. The summed E-state index contributed by atoms with van der Waals surface area (Å²) in [5.74, 6) is 0.814. The van der Waals surface area contributed by atoms with Crippen LogP contribution in [-0.2, 0) is 4.74 Å². The lowest BCUT2D eigenvalue weighted by molar-refractivity contribution is 0.278. The van der Waals surface area contributed by atoms with Gasteiger partial charge in [-0.25, -0.2) is 4.79 Å². The molecule has 2 aromatic heterocycles. The zero-order chi connectivity index (χ0) is 15.9. The van der Waals surface area contributed by atoms with Gasteiger partial charge in [0.2, 0.25) is 0 Å². The average molecular weight is 302 g/mol. The molecule has 0 aliphatic heterocycles. The van der Waals surface area contributed by atoms with Gasteiger partial charge in [-0.1, -0.05) is 19.4 Å². The summed E-state index contributed by atoms with van der Waals surface area (Å²) >= 11 is 0. The Labute approximate surface area is 130 Å². The van der Waals surface area contributed by atoms with Crippen molar-refractivity contribution in [2.24, 2.45) is 0 Å². The molecule has 2 aromatic rings. The lowest BCUT2D eigenvalue weighted by Gasteiger charge is -2.14. The summed E-state index contributed by atoms with van der Waals surface area (Å²) in [6.07, 6.45) is 9.06. The van der Waals surface area contributed by atoms with Gasteiger partial charge >= 0.3 is 5.63 Å². The maximum atomic E-state index is 12.3. The minimum atomic E-state index is -0.354. The van der Waals surface area contributed by atoms with Crippen LogP contribution in [0.25, 0.3) is 16.5 Å². The Kier molecular flexibility index (Phi) is 5.64. The zero-order valence-electron chi connectivity index (χ0n) is 13.2. The van der Waals surface area contributed by atoms with Gasteiger partial charge in [-0.05, 0) is 25.3 Å². The van der Waals surface area contributed by atoms with Crippen LogP contribution in [0.3, 0.4) is 0 Å². The van der Waals surface area contributed by atoms with Crippen molar-refractivity contribution in [1.29, 1.82) is 0 Å². The summed E-state index contributed by atoms with van der Waals surface area (Å²) in [6, 6.07) is 1.80. The second kappa shape index (κ2) is 7.69. The van der Waals surface area contributed by atoms with Gasteiger partial charge in [0.1, 0.15) is 6.26 Å². The molecule has 0 aliphatic rings. The summed E-state index contributed by atoms with van der Waals surface area (Å²) in [7, 11) is 1.64. The molecule has 0 atom stereocenters. The molecule has 0 aliphatic carbocycles. The highest BCUT2D eigenvalue weighted by molar-refractivity contribution is 5.90. The number of methoxy groups -OCH3 is 1. The molecule has 0 unspecified atom stereocenters. The van der Waals surface area contributed by atoms with Crippen molar-refractivity contribution in [3.8, 4) is 0 Å². The number of ether oxygens (including phenoxy) is 1. The lowest BCUT2D eigenvalue weighted by atomic mass is 9.96. The number of rotatable bonds is 8. The SMILES string of the molecule is C=CCC/C(OC)=C(/CCCC)c1c(=O)occ2occc12. The van der Waals surface area contributed by atoms with Crippen molar-refractivity contribution in [3.05, 3.63) is 53.0 Å². The van der Waals surface area contributed by atoms with Crippen LogP contribution in [0.15, 0.2) is 50.6 Å². The number of fused-ring (bicyclic) bond motifs is 1. The smallest absolute Gasteiger partial charge is 0.344 e. The highest BCUT2D eigenvalue weighted by Crippen LogP contribution is 2.31. The van der Waals surface area contributed by atoms with Crippen molar-refractivity contribution < 1.29 is 13.6 Å². The fourth-order valence-electron chi connectivity index (χ4n) is 2.55. The average Bonchev–Trinajstić information content (AvgIpc) is 3.00. The van der Waals surface area contributed by atoms with E-state index in [0.29, 0.717) is 17.6 Å². The monoisotopic (exact) mass is 302 g/mol. The fourth-order valence-corrected chi connectivity index (χ4v) is 2.55. The first-order valence-corrected chi connectivity index (χ1v) is 7.59. The maximum absolute atomic E-state index is 12.3. The number of hydrogen-bond donors (Lipinski definition) is 0. The van der Waals surface area contributed by atoms with Crippen LogP contribution in [0.4, 0.5) is 0 Å². The number of furan rings is 1. The van der Waals surface area contributed by atoms with Crippen molar-refractivity contribution in [2.45, 2.75) is 39.0 Å². The molecule has 0 fully saturated rings.